The number of amides is 1. The highest BCUT2D eigenvalue weighted by Crippen LogP contribution is 2.18. The molecule has 0 spiro atoms. The molecule has 94 valence electrons. The molecule has 0 fully saturated rings. The number of carbonyl (C=O) groups excluding carboxylic acids is 1. The Labute approximate surface area is 103 Å². The van der Waals surface area contributed by atoms with Gasteiger partial charge >= 0.3 is 0 Å². The van der Waals surface area contributed by atoms with Crippen LogP contribution in [-0.2, 0) is 4.79 Å². The predicted octanol–water partition coefficient (Wildman–Crippen LogP) is -0.982. The summed E-state index contributed by atoms with van der Waals surface area (Å²) in [4.78, 5) is 12.9. The first-order chi connectivity index (χ1) is 8.50. The number of halogens is 1. The molecule has 0 bridgehead atoms. The fourth-order valence-corrected chi connectivity index (χ4v) is 1.72. The van der Waals surface area contributed by atoms with Crippen LogP contribution in [0, 0.1) is 11.2 Å². The van der Waals surface area contributed by atoms with Crippen molar-refractivity contribution < 1.29 is 14.6 Å². The summed E-state index contributed by atoms with van der Waals surface area (Å²) >= 11 is 0. The van der Waals surface area contributed by atoms with Crippen LogP contribution >= 0.6 is 0 Å². The van der Waals surface area contributed by atoms with Crippen LogP contribution in [0.4, 0.5) is 10.1 Å². The van der Waals surface area contributed by atoms with Gasteiger partial charge in [0.15, 0.2) is 11.4 Å². The summed E-state index contributed by atoms with van der Waals surface area (Å²) in [6, 6.07) is 5.79. The lowest BCUT2D eigenvalue weighted by atomic mass is 10.2. The van der Waals surface area contributed by atoms with Gasteiger partial charge in [0.2, 0.25) is 0 Å². The third-order valence-electron chi connectivity index (χ3n) is 2.66. The van der Waals surface area contributed by atoms with E-state index in [0.717, 1.165) is 0 Å². The molecule has 1 aromatic carbocycles. The number of hydrogen-bond donors (Lipinski definition) is 4. The number of amidine groups is 1. The Balaban J connectivity index is 2.38. The molecule has 0 unspecified atom stereocenters. The molecule has 1 aliphatic rings. The zero-order chi connectivity index (χ0) is 13.3. The van der Waals surface area contributed by atoms with Gasteiger partial charge in [-0.3, -0.25) is 4.79 Å². The Morgan fingerprint density at radius 2 is 2.06 bits per heavy atom. The standard InChI is InChI=1S/C11H12FN5O/c1-17(7-4-2-6(12)3-5-7)11-8(10(14)18)9(13)15-16-11/h2-5H,1H3,(H2,14,18)(H3,13,15,16)/p+1. The number of anilines is 1. The van der Waals surface area contributed by atoms with Gasteiger partial charge in [0.05, 0.1) is 0 Å². The molecule has 18 heavy (non-hydrogen) atoms. The maximum atomic E-state index is 12.8. The molecular formula is C11H13FN5O+. The van der Waals surface area contributed by atoms with Gasteiger partial charge in [-0.05, 0) is 24.3 Å². The molecule has 0 radical (unpaired) electrons. The van der Waals surface area contributed by atoms with Crippen molar-refractivity contribution in [1.29, 1.82) is 5.41 Å². The van der Waals surface area contributed by atoms with Crippen LogP contribution in [0.3, 0.4) is 0 Å². The summed E-state index contributed by atoms with van der Waals surface area (Å²) < 4.78 is 12.8. The molecule has 2 rings (SSSR count). The molecule has 0 aliphatic carbocycles. The molecule has 7 heteroatoms. The molecule has 6 N–H and O–H groups in total. The topological polar surface area (TPSA) is 98.8 Å². The number of benzene rings is 1. The Bertz CT molecular complexity index is 537. The first-order valence-corrected chi connectivity index (χ1v) is 5.22. The van der Waals surface area contributed by atoms with Crippen molar-refractivity contribution in [3.8, 4) is 0 Å². The summed E-state index contributed by atoms with van der Waals surface area (Å²) in [5.74, 6) is -0.564. The third kappa shape index (κ3) is 2.03. The largest absolute Gasteiger partial charge is 0.365 e. The van der Waals surface area contributed by atoms with E-state index in [4.69, 9.17) is 11.1 Å². The van der Waals surface area contributed by atoms with Gasteiger partial charge in [-0.1, -0.05) is 0 Å². The highest BCUT2D eigenvalue weighted by Gasteiger charge is 2.31. The maximum Gasteiger partial charge on any atom is 0.260 e. The number of nitrogens with two attached hydrogens (primary N) is 2. The summed E-state index contributed by atoms with van der Waals surface area (Å²) in [6.07, 6.45) is 0. The molecule has 1 aromatic rings. The van der Waals surface area contributed by atoms with Gasteiger partial charge in [0, 0.05) is 12.7 Å². The van der Waals surface area contributed by atoms with Crippen molar-refractivity contribution in [3.63, 3.8) is 0 Å². The van der Waals surface area contributed by atoms with Crippen molar-refractivity contribution in [2.45, 2.75) is 0 Å². The van der Waals surface area contributed by atoms with E-state index in [-0.39, 0.29) is 17.2 Å². The Hall–Kier alpha value is -2.41. The van der Waals surface area contributed by atoms with Crippen molar-refractivity contribution in [2.75, 3.05) is 11.9 Å². The lowest BCUT2D eigenvalue weighted by molar-refractivity contribution is -0.589. The summed E-state index contributed by atoms with van der Waals surface area (Å²) in [7, 11) is 1.70. The number of rotatable bonds is 3. The predicted molar refractivity (Wildman–Crippen MR) is 63.8 cm³/mol. The summed E-state index contributed by atoms with van der Waals surface area (Å²) in [5, 5.41) is 7.59. The second-order valence-electron chi connectivity index (χ2n) is 3.83. The van der Waals surface area contributed by atoms with E-state index in [2.05, 4.69) is 5.43 Å². The van der Waals surface area contributed by atoms with Crippen LogP contribution in [0.15, 0.2) is 35.7 Å². The van der Waals surface area contributed by atoms with E-state index < -0.39 is 5.91 Å². The van der Waals surface area contributed by atoms with Crippen LogP contribution < -0.4 is 21.5 Å². The highest BCUT2D eigenvalue weighted by atomic mass is 19.1. The average Bonchev–Trinajstić information content (AvgIpc) is 2.71. The van der Waals surface area contributed by atoms with Crippen LogP contribution in [0.25, 0.3) is 0 Å². The van der Waals surface area contributed by atoms with Crippen molar-refractivity contribution in [1.82, 2.24) is 5.43 Å². The zero-order valence-electron chi connectivity index (χ0n) is 9.70. The zero-order valence-corrected chi connectivity index (χ0v) is 9.70. The van der Waals surface area contributed by atoms with E-state index in [0.29, 0.717) is 11.5 Å². The van der Waals surface area contributed by atoms with Gasteiger partial charge < -0.3 is 10.6 Å². The lowest BCUT2D eigenvalue weighted by Gasteiger charge is -2.19. The summed E-state index contributed by atoms with van der Waals surface area (Å²) in [6.45, 7) is 0. The van der Waals surface area contributed by atoms with E-state index >= 15 is 0 Å². The fraction of sp³-hybridized carbons (Fsp3) is 0.0909. The van der Waals surface area contributed by atoms with Crippen LogP contribution in [0.5, 0.6) is 0 Å². The minimum absolute atomic E-state index is 0.0338. The van der Waals surface area contributed by atoms with E-state index in [9.17, 15) is 9.18 Å². The quantitative estimate of drug-likeness (QED) is 0.519. The van der Waals surface area contributed by atoms with Crippen LogP contribution in [0.2, 0.25) is 0 Å². The molecule has 0 aromatic heterocycles. The van der Waals surface area contributed by atoms with Gasteiger partial charge in [0.1, 0.15) is 5.82 Å². The van der Waals surface area contributed by atoms with E-state index in [1.807, 2.05) is 0 Å². The van der Waals surface area contributed by atoms with Gasteiger partial charge in [-0.25, -0.2) is 15.2 Å². The fourth-order valence-electron chi connectivity index (χ4n) is 1.72. The second-order valence-corrected chi connectivity index (χ2v) is 3.83. The van der Waals surface area contributed by atoms with Crippen molar-refractivity contribution in [3.05, 3.63) is 41.5 Å². The number of nitrogens with one attached hydrogen (secondary N) is 2. The first kappa shape index (κ1) is 12.1. The number of quaternary nitrogens is 1. The van der Waals surface area contributed by atoms with Gasteiger partial charge in [-0.2, -0.15) is 5.43 Å². The number of hydrogen-bond acceptors (Lipinski definition) is 4. The van der Waals surface area contributed by atoms with Crippen LogP contribution in [0.1, 0.15) is 0 Å². The normalized spacial score (nSPS) is 14.7. The average molecular weight is 250 g/mol. The van der Waals surface area contributed by atoms with Gasteiger partial charge in [0.25, 0.3) is 11.7 Å². The molecule has 1 aliphatic heterocycles. The number of nitrogens with zero attached hydrogens (tertiary/aromatic N) is 1. The molecule has 1 heterocycles. The molecule has 0 atom stereocenters. The third-order valence-corrected chi connectivity index (χ3v) is 2.66. The monoisotopic (exact) mass is 250 g/mol. The molecule has 6 nitrogen and oxygen atoms in total. The van der Waals surface area contributed by atoms with Crippen molar-refractivity contribution >= 4 is 17.4 Å². The first-order valence-electron chi connectivity index (χ1n) is 5.22. The second kappa shape index (κ2) is 4.46. The molecule has 1 amide bonds. The molecule has 0 saturated heterocycles. The summed E-state index contributed by atoms with van der Waals surface area (Å²) in [5.41, 5.74) is 10.2. The Kier molecular flexibility index (Phi) is 2.99. The lowest BCUT2D eigenvalue weighted by Crippen LogP contribution is -2.93. The molecule has 0 saturated carbocycles. The number of primary amides is 1. The minimum Gasteiger partial charge on any atom is -0.365 e. The van der Waals surface area contributed by atoms with Gasteiger partial charge in [-0.15, -0.1) is 0 Å². The van der Waals surface area contributed by atoms with Crippen molar-refractivity contribution in [2.24, 2.45) is 5.73 Å². The molecular weight excluding hydrogens is 237 g/mol. The Morgan fingerprint density at radius 1 is 1.44 bits per heavy atom. The Morgan fingerprint density at radius 3 is 2.61 bits per heavy atom. The van der Waals surface area contributed by atoms with E-state index in [1.54, 1.807) is 24.1 Å². The SMILES string of the molecule is CN(C1=C(C(N)=O)C(=N)[NH2+]N1)c1ccc(F)cc1. The van der Waals surface area contributed by atoms with Crippen LogP contribution in [-0.4, -0.2) is 18.8 Å². The highest BCUT2D eigenvalue weighted by molar-refractivity contribution is 6.17. The smallest absolute Gasteiger partial charge is 0.260 e. The number of carbonyl (C=O) groups is 1. The maximum absolute atomic E-state index is 12.8. The van der Waals surface area contributed by atoms with E-state index in [1.165, 1.54) is 17.6 Å². The minimum atomic E-state index is -0.676.